The van der Waals surface area contributed by atoms with Crippen molar-refractivity contribution in [3.05, 3.63) is 87.4 Å². The van der Waals surface area contributed by atoms with Crippen molar-refractivity contribution in [1.29, 1.82) is 0 Å². The molecule has 3 atom stereocenters. The number of hydrogen-bond acceptors (Lipinski definition) is 10. The Kier molecular flexibility index (Phi) is 13.2. The summed E-state index contributed by atoms with van der Waals surface area (Å²) < 4.78 is 39.8. The first-order valence-corrected chi connectivity index (χ1v) is 19.2. The number of amides is 2. The Labute approximate surface area is 309 Å². The van der Waals surface area contributed by atoms with Crippen LogP contribution in [0.15, 0.2) is 70.0 Å². The number of aliphatic hydroxyl groups is 1. The number of aryl methyl sites for hydroxylation is 1. The van der Waals surface area contributed by atoms with Crippen LogP contribution in [0.25, 0.3) is 10.8 Å². The van der Waals surface area contributed by atoms with Gasteiger partial charge in [0.15, 0.2) is 0 Å². The Morgan fingerprint density at radius 1 is 1.06 bits per heavy atom. The van der Waals surface area contributed by atoms with Crippen molar-refractivity contribution in [2.24, 2.45) is 10.7 Å². The van der Waals surface area contributed by atoms with E-state index in [2.05, 4.69) is 25.3 Å². The molecular weight excluding hydrogens is 705 g/mol. The number of fused-ring (bicyclic) bond motifs is 1. The molecule has 2 amide bonds. The second-order valence-corrected chi connectivity index (χ2v) is 16.0. The van der Waals surface area contributed by atoms with Crippen LogP contribution in [0.3, 0.4) is 0 Å². The SMILES string of the molecule is COc1cc(C)c(S(=O)(=O)NC(N)=NCCC[C@H](NC(=O)[C@H](Cc2cccc3ccccc23)NC(=O)OC(C)(C)C)C(O)c2nccs2)c(C)c1C. The molecule has 3 aromatic carbocycles. The minimum atomic E-state index is -4.06. The van der Waals surface area contributed by atoms with Gasteiger partial charge in [-0.2, -0.15) is 0 Å². The first-order valence-electron chi connectivity index (χ1n) is 16.8. The van der Waals surface area contributed by atoms with Crippen molar-refractivity contribution in [2.45, 2.75) is 89.5 Å². The van der Waals surface area contributed by atoms with E-state index in [0.29, 0.717) is 33.9 Å². The monoisotopic (exact) mass is 752 g/mol. The Morgan fingerprint density at radius 3 is 2.44 bits per heavy atom. The zero-order chi connectivity index (χ0) is 38.2. The second-order valence-electron chi connectivity index (χ2n) is 13.5. The van der Waals surface area contributed by atoms with E-state index in [1.807, 2.05) is 42.5 Å². The van der Waals surface area contributed by atoms with Crippen molar-refractivity contribution >= 4 is 50.1 Å². The third-order valence-corrected chi connectivity index (χ3v) is 10.9. The molecule has 4 aromatic rings. The van der Waals surface area contributed by atoms with Gasteiger partial charge in [-0.05, 0) is 93.5 Å². The van der Waals surface area contributed by atoms with Gasteiger partial charge in [-0.15, -0.1) is 11.3 Å². The fourth-order valence-electron chi connectivity index (χ4n) is 5.87. The van der Waals surface area contributed by atoms with E-state index in [9.17, 15) is 23.1 Å². The quantitative estimate of drug-likeness (QED) is 0.0673. The van der Waals surface area contributed by atoms with Gasteiger partial charge in [0.1, 0.15) is 28.5 Å². The van der Waals surface area contributed by atoms with E-state index in [-0.39, 0.29) is 30.2 Å². The molecule has 0 aliphatic heterocycles. The predicted octanol–water partition coefficient (Wildman–Crippen LogP) is 4.96. The summed E-state index contributed by atoms with van der Waals surface area (Å²) in [5.41, 5.74) is 7.79. The molecule has 6 N–H and O–H groups in total. The predicted molar refractivity (Wildman–Crippen MR) is 203 cm³/mol. The molecular formula is C37H48N6O7S2. The van der Waals surface area contributed by atoms with Gasteiger partial charge in [0, 0.05) is 24.5 Å². The number of alkyl carbamates (subject to hydrolysis) is 1. The van der Waals surface area contributed by atoms with Gasteiger partial charge in [-0.1, -0.05) is 42.5 Å². The molecule has 0 fully saturated rings. The summed E-state index contributed by atoms with van der Waals surface area (Å²) in [5.74, 6) is -0.251. The highest BCUT2D eigenvalue weighted by molar-refractivity contribution is 7.90. The molecule has 1 aromatic heterocycles. The molecule has 0 radical (unpaired) electrons. The van der Waals surface area contributed by atoms with Crippen LogP contribution in [0, 0.1) is 20.8 Å². The molecule has 280 valence electrons. The zero-order valence-electron chi connectivity index (χ0n) is 30.5. The van der Waals surface area contributed by atoms with Gasteiger partial charge in [-0.25, -0.2) is 22.9 Å². The van der Waals surface area contributed by atoms with Crippen molar-refractivity contribution in [3.63, 3.8) is 0 Å². The average molecular weight is 753 g/mol. The molecule has 0 saturated carbocycles. The van der Waals surface area contributed by atoms with Crippen LogP contribution in [0.4, 0.5) is 4.79 Å². The number of carbonyl (C=O) groups is 2. The lowest BCUT2D eigenvalue weighted by atomic mass is 9.97. The van der Waals surface area contributed by atoms with E-state index in [4.69, 9.17) is 15.2 Å². The molecule has 52 heavy (non-hydrogen) atoms. The summed E-state index contributed by atoms with van der Waals surface area (Å²) in [7, 11) is -2.54. The highest BCUT2D eigenvalue weighted by Crippen LogP contribution is 2.30. The first kappa shape index (κ1) is 40.0. The number of ether oxygens (including phenoxy) is 2. The van der Waals surface area contributed by atoms with E-state index in [1.54, 1.807) is 59.2 Å². The van der Waals surface area contributed by atoms with E-state index < -0.39 is 45.8 Å². The zero-order valence-corrected chi connectivity index (χ0v) is 32.2. The van der Waals surface area contributed by atoms with Gasteiger partial charge in [0.25, 0.3) is 10.0 Å². The van der Waals surface area contributed by atoms with Gasteiger partial charge < -0.3 is 30.9 Å². The number of aromatic nitrogens is 1. The average Bonchev–Trinajstić information content (AvgIpc) is 3.61. The topological polar surface area (TPSA) is 194 Å². The minimum Gasteiger partial charge on any atom is -0.496 e. The van der Waals surface area contributed by atoms with Crippen LogP contribution in [-0.4, -0.2) is 67.8 Å². The number of benzene rings is 3. The standard InChI is InChI=1S/C37H48N6O7S2/c1-22-20-30(49-7)23(2)24(3)32(22)52(47,48)43-35(38)40-17-11-16-28(31(44)34-39-18-19-51-34)41-33(45)29(42-36(46)50-37(4,5)6)21-26-14-10-13-25-12-8-9-15-27(25)26/h8-10,12-15,18-20,28-29,31,44H,11,16-17,21H2,1-7H3,(H,41,45)(H,42,46)(H3,38,40,43)/t28-,29-,31?/m0/s1. The molecule has 0 aliphatic rings. The number of hydrogen-bond donors (Lipinski definition) is 5. The van der Waals surface area contributed by atoms with Crippen LogP contribution in [0.2, 0.25) is 0 Å². The summed E-state index contributed by atoms with van der Waals surface area (Å²) in [6, 6.07) is 13.3. The Hall–Kier alpha value is -4.73. The summed E-state index contributed by atoms with van der Waals surface area (Å²) >= 11 is 1.24. The maximum absolute atomic E-state index is 14.0. The number of thiazole rings is 1. The lowest BCUT2D eigenvalue weighted by Crippen LogP contribution is -2.52. The van der Waals surface area contributed by atoms with Gasteiger partial charge >= 0.3 is 6.09 Å². The molecule has 1 unspecified atom stereocenters. The number of methoxy groups -OCH3 is 1. The molecule has 1 heterocycles. The number of nitrogens with zero attached hydrogens (tertiary/aromatic N) is 2. The van der Waals surface area contributed by atoms with E-state index >= 15 is 0 Å². The number of rotatable bonds is 14. The third kappa shape index (κ3) is 10.4. The van der Waals surface area contributed by atoms with Crippen LogP contribution >= 0.6 is 11.3 Å². The Morgan fingerprint density at radius 2 is 1.77 bits per heavy atom. The summed E-state index contributed by atoms with van der Waals surface area (Å²) in [6.45, 7) is 10.4. The fourth-order valence-corrected chi connectivity index (χ4v) is 8.04. The minimum absolute atomic E-state index is 0.0838. The maximum Gasteiger partial charge on any atom is 0.408 e. The highest BCUT2D eigenvalue weighted by atomic mass is 32.2. The second kappa shape index (κ2) is 17.2. The lowest BCUT2D eigenvalue weighted by molar-refractivity contribution is -0.124. The number of carbonyl (C=O) groups excluding carboxylic acids is 2. The highest BCUT2D eigenvalue weighted by Gasteiger charge is 2.31. The lowest BCUT2D eigenvalue weighted by Gasteiger charge is -2.27. The van der Waals surface area contributed by atoms with E-state index in [0.717, 1.165) is 16.3 Å². The number of sulfonamides is 1. The van der Waals surface area contributed by atoms with Crippen LogP contribution in [-0.2, 0) is 26.0 Å². The molecule has 4 rings (SSSR count). The number of aliphatic hydroxyl groups excluding tert-OH is 1. The number of aliphatic imine (C=N–C) groups is 1. The van der Waals surface area contributed by atoms with Gasteiger partial charge in [-0.3, -0.25) is 9.79 Å². The Balaban J connectivity index is 1.51. The number of nitrogens with two attached hydrogens (primary N) is 1. The molecule has 0 aliphatic carbocycles. The van der Waals surface area contributed by atoms with E-state index in [1.165, 1.54) is 18.4 Å². The normalized spacial score (nSPS) is 14.0. The number of nitrogens with one attached hydrogen (secondary N) is 3. The summed E-state index contributed by atoms with van der Waals surface area (Å²) in [4.78, 5) is 35.4. The smallest absolute Gasteiger partial charge is 0.408 e. The maximum atomic E-state index is 14.0. The largest absolute Gasteiger partial charge is 0.496 e. The van der Waals surface area contributed by atoms with Crippen molar-refractivity contribution < 1.29 is 32.6 Å². The third-order valence-electron chi connectivity index (χ3n) is 8.39. The van der Waals surface area contributed by atoms with Crippen LogP contribution in [0.1, 0.15) is 67.0 Å². The van der Waals surface area contributed by atoms with Gasteiger partial charge in [0.2, 0.25) is 11.9 Å². The van der Waals surface area contributed by atoms with Crippen molar-refractivity contribution in [2.75, 3.05) is 13.7 Å². The number of guanidine groups is 1. The summed E-state index contributed by atoms with van der Waals surface area (Å²) in [5, 5.41) is 21.0. The molecule has 0 bridgehead atoms. The first-order chi connectivity index (χ1) is 24.5. The molecule has 0 spiro atoms. The molecule has 0 saturated heterocycles. The van der Waals surface area contributed by atoms with Crippen molar-refractivity contribution in [3.8, 4) is 5.75 Å². The Bertz CT molecular complexity index is 2010. The summed E-state index contributed by atoms with van der Waals surface area (Å²) in [6.07, 6.45) is 0.308. The molecule has 13 nitrogen and oxygen atoms in total. The van der Waals surface area contributed by atoms with Crippen LogP contribution < -0.4 is 25.8 Å². The molecule has 15 heteroatoms. The van der Waals surface area contributed by atoms with Gasteiger partial charge in [0.05, 0.1) is 18.0 Å². The fraction of sp³-hybridized carbons (Fsp3) is 0.405. The van der Waals surface area contributed by atoms with Crippen molar-refractivity contribution in [1.82, 2.24) is 20.3 Å². The van der Waals surface area contributed by atoms with Crippen LogP contribution in [0.5, 0.6) is 5.75 Å².